The minimum absolute atomic E-state index is 0.0574. The standard InChI is InChI=1S/C27H32FN3O2/c1-3-21(4-2)25(32)19-20-10-11-24(23(28)18-20)30-13-15-31(16-14-30)26(27-29-12-17-33-27)22-8-6-5-7-9-22/h5-12,17-18,21,26H,3-4,13-16,19H2,1-2H3/t26-/m0/s1. The van der Waals surface area contributed by atoms with Crippen LogP contribution in [0.1, 0.15) is 49.7 Å². The summed E-state index contributed by atoms with van der Waals surface area (Å²) in [5, 5.41) is 0. The Kier molecular flexibility index (Phi) is 7.55. The molecular weight excluding hydrogens is 417 g/mol. The van der Waals surface area contributed by atoms with Gasteiger partial charge < -0.3 is 9.32 Å². The minimum Gasteiger partial charge on any atom is -0.447 e. The van der Waals surface area contributed by atoms with Crippen molar-refractivity contribution in [3.05, 3.63) is 83.8 Å². The number of oxazole rings is 1. The molecule has 0 spiro atoms. The smallest absolute Gasteiger partial charge is 0.215 e. The molecule has 0 radical (unpaired) electrons. The summed E-state index contributed by atoms with van der Waals surface area (Å²) in [6.45, 7) is 6.98. The van der Waals surface area contributed by atoms with Crippen LogP contribution in [-0.4, -0.2) is 41.8 Å². The fourth-order valence-corrected chi connectivity index (χ4v) is 4.74. The van der Waals surface area contributed by atoms with Crippen LogP contribution in [0.4, 0.5) is 10.1 Å². The zero-order chi connectivity index (χ0) is 23.2. The Morgan fingerprint density at radius 3 is 2.39 bits per heavy atom. The van der Waals surface area contributed by atoms with Crippen LogP contribution in [0.3, 0.4) is 0 Å². The zero-order valence-corrected chi connectivity index (χ0v) is 19.4. The predicted octanol–water partition coefficient (Wildman–Crippen LogP) is 5.27. The Labute approximate surface area is 195 Å². The van der Waals surface area contributed by atoms with Gasteiger partial charge in [0.1, 0.15) is 23.9 Å². The molecule has 1 atom stereocenters. The largest absolute Gasteiger partial charge is 0.447 e. The van der Waals surface area contributed by atoms with Crippen molar-refractivity contribution in [2.24, 2.45) is 5.92 Å². The number of nitrogens with zero attached hydrogens (tertiary/aromatic N) is 3. The van der Waals surface area contributed by atoms with Crippen LogP contribution in [-0.2, 0) is 11.2 Å². The summed E-state index contributed by atoms with van der Waals surface area (Å²) < 4.78 is 20.7. The third kappa shape index (κ3) is 5.33. The van der Waals surface area contributed by atoms with Crippen LogP contribution in [0.2, 0.25) is 0 Å². The Hall–Kier alpha value is -2.99. The number of carbonyl (C=O) groups is 1. The maximum absolute atomic E-state index is 15.0. The highest BCUT2D eigenvalue weighted by Crippen LogP contribution is 2.30. The van der Waals surface area contributed by atoms with Gasteiger partial charge in [0.15, 0.2) is 0 Å². The van der Waals surface area contributed by atoms with Gasteiger partial charge >= 0.3 is 0 Å². The highest BCUT2D eigenvalue weighted by Gasteiger charge is 2.30. The summed E-state index contributed by atoms with van der Waals surface area (Å²) >= 11 is 0. The van der Waals surface area contributed by atoms with E-state index in [1.807, 2.05) is 44.2 Å². The highest BCUT2D eigenvalue weighted by atomic mass is 19.1. The number of aromatic nitrogens is 1. The van der Waals surface area contributed by atoms with E-state index in [2.05, 4.69) is 26.9 Å². The van der Waals surface area contributed by atoms with Crippen molar-refractivity contribution in [1.29, 1.82) is 0 Å². The second kappa shape index (κ2) is 10.8. The molecule has 5 nitrogen and oxygen atoms in total. The lowest BCUT2D eigenvalue weighted by Gasteiger charge is -2.39. The van der Waals surface area contributed by atoms with Crippen LogP contribution < -0.4 is 4.90 Å². The molecule has 4 rings (SSSR count). The zero-order valence-electron chi connectivity index (χ0n) is 19.4. The lowest BCUT2D eigenvalue weighted by Crippen LogP contribution is -2.48. The first-order chi connectivity index (χ1) is 16.1. The van der Waals surface area contributed by atoms with E-state index >= 15 is 4.39 Å². The van der Waals surface area contributed by atoms with E-state index in [1.165, 1.54) is 6.07 Å². The maximum atomic E-state index is 15.0. The first kappa shape index (κ1) is 23.2. The molecule has 3 aromatic rings. The molecule has 0 amide bonds. The summed E-state index contributed by atoms with van der Waals surface area (Å²) in [5.41, 5.74) is 2.48. The molecule has 0 unspecified atom stereocenters. The van der Waals surface area contributed by atoms with Gasteiger partial charge in [-0.25, -0.2) is 9.37 Å². The predicted molar refractivity (Wildman–Crippen MR) is 128 cm³/mol. The molecule has 0 N–H and O–H groups in total. The topological polar surface area (TPSA) is 49.6 Å². The molecule has 1 saturated heterocycles. The number of ketones is 1. The quantitative estimate of drug-likeness (QED) is 0.445. The summed E-state index contributed by atoms with van der Waals surface area (Å²) in [6.07, 6.45) is 5.24. The van der Waals surface area contributed by atoms with Crippen molar-refractivity contribution >= 4 is 11.5 Å². The molecule has 0 saturated carbocycles. The van der Waals surface area contributed by atoms with E-state index in [0.29, 0.717) is 31.1 Å². The second-order valence-electron chi connectivity index (χ2n) is 8.65. The molecule has 2 heterocycles. The first-order valence-corrected chi connectivity index (χ1v) is 11.8. The van der Waals surface area contributed by atoms with Gasteiger partial charge in [-0.15, -0.1) is 0 Å². The molecule has 174 valence electrons. The second-order valence-corrected chi connectivity index (χ2v) is 8.65. The van der Waals surface area contributed by atoms with Crippen molar-refractivity contribution in [3.8, 4) is 0 Å². The lowest BCUT2D eigenvalue weighted by atomic mass is 9.93. The Morgan fingerprint density at radius 1 is 1.06 bits per heavy atom. The van der Waals surface area contributed by atoms with Crippen LogP contribution in [0, 0.1) is 11.7 Å². The fourth-order valence-electron chi connectivity index (χ4n) is 4.74. The van der Waals surface area contributed by atoms with Crippen LogP contribution in [0.5, 0.6) is 0 Å². The van der Waals surface area contributed by atoms with E-state index in [-0.39, 0.29) is 23.6 Å². The lowest BCUT2D eigenvalue weighted by molar-refractivity contribution is -0.122. The number of halogens is 1. The number of piperazine rings is 1. The normalized spacial score (nSPS) is 15.7. The van der Waals surface area contributed by atoms with E-state index in [4.69, 9.17) is 4.42 Å². The number of rotatable bonds is 9. The van der Waals surface area contributed by atoms with Crippen molar-refractivity contribution in [3.63, 3.8) is 0 Å². The van der Waals surface area contributed by atoms with Gasteiger partial charge in [0, 0.05) is 38.5 Å². The van der Waals surface area contributed by atoms with Gasteiger partial charge in [-0.05, 0) is 36.1 Å². The molecule has 1 aromatic heterocycles. The van der Waals surface area contributed by atoms with Crippen LogP contribution in [0.15, 0.2) is 65.4 Å². The van der Waals surface area contributed by atoms with Gasteiger partial charge in [-0.1, -0.05) is 50.2 Å². The van der Waals surface area contributed by atoms with E-state index in [9.17, 15) is 4.79 Å². The third-order valence-corrected chi connectivity index (χ3v) is 6.65. The van der Waals surface area contributed by atoms with Gasteiger partial charge in [0.25, 0.3) is 0 Å². The van der Waals surface area contributed by atoms with Crippen molar-refractivity contribution in [2.75, 3.05) is 31.1 Å². The average Bonchev–Trinajstić information content (AvgIpc) is 3.36. The van der Waals surface area contributed by atoms with Crippen molar-refractivity contribution in [2.45, 2.75) is 39.2 Å². The molecule has 6 heteroatoms. The van der Waals surface area contributed by atoms with Gasteiger partial charge in [0.05, 0.1) is 11.9 Å². The maximum Gasteiger partial charge on any atom is 0.215 e. The number of hydrogen-bond acceptors (Lipinski definition) is 5. The number of Topliss-reactive ketones (excluding diaryl/α,β-unsaturated/α-hetero) is 1. The number of hydrogen-bond donors (Lipinski definition) is 0. The number of anilines is 1. The Balaban J connectivity index is 1.43. The SMILES string of the molecule is CCC(CC)C(=O)Cc1ccc(N2CCN([C@@H](c3ccccc3)c3ncco3)CC2)c(F)c1. The molecule has 1 aliphatic heterocycles. The number of carbonyl (C=O) groups excluding carboxylic acids is 1. The molecule has 2 aromatic carbocycles. The molecule has 1 aliphatic rings. The molecule has 33 heavy (non-hydrogen) atoms. The van der Waals surface area contributed by atoms with E-state index < -0.39 is 0 Å². The molecule has 0 bridgehead atoms. The summed E-state index contributed by atoms with van der Waals surface area (Å²) in [5.74, 6) is 0.666. The highest BCUT2D eigenvalue weighted by molar-refractivity contribution is 5.83. The number of benzene rings is 2. The molecular formula is C27H32FN3O2. The van der Waals surface area contributed by atoms with E-state index in [0.717, 1.165) is 37.1 Å². The Morgan fingerprint density at radius 2 is 1.79 bits per heavy atom. The molecule has 1 fully saturated rings. The van der Waals surface area contributed by atoms with Crippen molar-refractivity contribution < 1.29 is 13.6 Å². The van der Waals surface area contributed by atoms with Crippen LogP contribution in [0.25, 0.3) is 0 Å². The summed E-state index contributed by atoms with van der Waals surface area (Å²) in [4.78, 5) is 21.3. The monoisotopic (exact) mass is 449 g/mol. The first-order valence-electron chi connectivity index (χ1n) is 11.8. The average molecular weight is 450 g/mol. The summed E-state index contributed by atoms with van der Waals surface area (Å²) in [7, 11) is 0. The van der Waals surface area contributed by atoms with Crippen LogP contribution >= 0.6 is 0 Å². The molecule has 0 aliphatic carbocycles. The summed E-state index contributed by atoms with van der Waals surface area (Å²) in [6, 6.07) is 15.4. The van der Waals surface area contributed by atoms with Gasteiger partial charge in [-0.3, -0.25) is 9.69 Å². The van der Waals surface area contributed by atoms with Gasteiger partial charge in [-0.2, -0.15) is 0 Å². The fraction of sp³-hybridized carbons (Fsp3) is 0.407. The minimum atomic E-state index is -0.259. The van der Waals surface area contributed by atoms with Gasteiger partial charge in [0.2, 0.25) is 5.89 Å². The van der Waals surface area contributed by atoms with Crippen molar-refractivity contribution in [1.82, 2.24) is 9.88 Å². The van der Waals surface area contributed by atoms with E-state index in [1.54, 1.807) is 12.5 Å². The third-order valence-electron chi connectivity index (χ3n) is 6.65. The Bertz CT molecular complexity index is 1030.